The van der Waals surface area contributed by atoms with E-state index in [1.165, 1.54) is 12.1 Å². The van der Waals surface area contributed by atoms with Gasteiger partial charge >= 0.3 is 5.69 Å². The predicted molar refractivity (Wildman–Crippen MR) is 64.9 cm³/mol. The molecule has 1 rings (SSSR count). The lowest BCUT2D eigenvalue weighted by atomic mass is 10.1. The Kier molecular flexibility index (Phi) is 3.52. The second kappa shape index (κ2) is 4.54. The van der Waals surface area contributed by atoms with Crippen LogP contribution in [0.4, 0.5) is 17.3 Å². The summed E-state index contributed by atoms with van der Waals surface area (Å²) in [5.74, 6) is 0.347. The van der Waals surface area contributed by atoms with Crippen molar-refractivity contribution in [2.24, 2.45) is 0 Å². The number of rotatable bonds is 4. The van der Waals surface area contributed by atoms with E-state index >= 15 is 0 Å². The molecule has 0 spiro atoms. The summed E-state index contributed by atoms with van der Waals surface area (Å²) in [6.45, 7) is 3.35. The molecule has 7 heteroatoms. The number of pyridine rings is 1. The summed E-state index contributed by atoms with van der Waals surface area (Å²) in [5.41, 5.74) is 4.73. The van der Waals surface area contributed by atoms with Crippen LogP contribution in [0.1, 0.15) is 13.8 Å². The van der Waals surface area contributed by atoms with Gasteiger partial charge in [-0.25, -0.2) is 4.98 Å². The first-order valence-corrected chi connectivity index (χ1v) is 5.05. The monoisotopic (exact) mass is 240 g/mol. The van der Waals surface area contributed by atoms with Gasteiger partial charge in [0.1, 0.15) is 5.82 Å². The zero-order valence-corrected chi connectivity index (χ0v) is 10.0. The minimum atomic E-state index is -0.661. The molecule has 0 atom stereocenters. The molecule has 7 nitrogen and oxygen atoms in total. The highest BCUT2D eigenvalue weighted by molar-refractivity contribution is 5.61. The number of nitro groups is 1. The molecule has 0 radical (unpaired) electrons. The summed E-state index contributed by atoms with van der Waals surface area (Å²) >= 11 is 0. The van der Waals surface area contributed by atoms with Crippen molar-refractivity contribution < 1.29 is 10.0 Å². The van der Waals surface area contributed by atoms with Gasteiger partial charge in [0.2, 0.25) is 5.82 Å². The Morgan fingerprint density at radius 3 is 2.65 bits per heavy atom. The number of aromatic nitrogens is 1. The smallest absolute Gasteiger partial charge is 0.311 e. The Bertz CT molecular complexity index is 434. The van der Waals surface area contributed by atoms with Crippen LogP contribution < -0.4 is 10.6 Å². The van der Waals surface area contributed by atoms with Crippen molar-refractivity contribution in [1.82, 2.24) is 4.98 Å². The first-order chi connectivity index (χ1) is 7.79. The molecule has 0 aliphatic heterocycles. The molecule has 0 saturated heterocycles. The number of hydrogen-bond donors (Lipinski definition) is 2. The molecule has 0 aromatic carbocycles. The lowest BCUT2D eigenvalue weighted by Gasteiger charge is -2.34. The minimum absolute atomic E-state index is 0.136. The minimum Gasteiger partial charge on any atom is -0.394 e. The summed E-state index contributed by atoms with van der Waals surface area (Å²) in [7, 11) is 1.63. The first kappa shape index (κ1) is 13.2. The van der Waals surface area contributed by atoms with Crippen molar-refractivity contribution in [1.29, 1.82) is 0 Å². The van der Waals surface area contributed by atoms with Crippen molar-refractivity contribution in [3.63, 3.8) is 0 Å². The number of anilines is 2. The van der Waals surface area contributed by atoms with Gasteiger partial charge in [0.25, 0.3) is 0 Å². The fraction of sp³-hybridized carbons (Fsp3) is 0.500. The van der Waals surface area contributed by atoms with Crippen LogP contribution in [-0.2, 0) is 0 Å². The third-order valence-electron chi connectivity index (χ3n) is 2.69. The molecule has 1 aromatic rings. The van der Waals surface area contributed by atoms with E-state index < -0.39 is 10.5 Å². The van der Waals surface area contributed by atoms with E-state index in [0.717, 1.165) is 0 Å². The highest BCUT2D eigenvalue weighted by atomic mass is 16.6. The number of nitrogens with two attached hydrogens (primary N) is 1. The van der Waals surface area contributed by atoms with Crippen molar-refractivity contribution in [3.05, 3.63) is 22.2 Å². The van der Waals surface area contributed by atoms with E-state index in [1.807, 2.05) is 0 Å². The van der Waals surface area contributed by atoms with Crippen LogP contribution in [0.25, 0.3) is 0 Å². The van der Waals surface area contributed by atoms with E-state index in [9.17, 15) is 15.2 Å². The molecule has 0 bridgehead atoms. The molecule has 94 valence electrons. The third-order valence-corrected chi connectivity index (χ3v) is 2.69. The van der Waals surface area contributed by atoms with Crippen LogP contribution >= 0.6 is 0 Å². The van der Waals surface area contributed by atoms with Crippen LogP contribution in [0.5, 0.6) is 0 Å². The second-order valence-corrected chi connectivity index (χ2v) is 4.37. The molecule has 0 unspecified atom stereocenters. The third kappa shape index (κ3) is 2.62. The number of aliphatic hydroxyl groups excluding tert-OH is 1. The number of aliphatic hydroxyl groups is 1. The topological polar surface area (TPSA) is 106 Å². The van der Waals surface area contributed by atoms with Crippen LogP contribution in [0.2, 0.25) is 0 Å². The van der Waals surface area contributed by atoms with Crippen molar-refractivity contribution >= 4 is 17.3 Å². The van der Waals surface area contributed by atoms with Crippen LogP contribution in [-0.4, -0.2) is 34.2 Å². The van der Waals surface area contributed by atoms with Gasteiger partial charge in [-0.3, -0.25) is 10.1 Å². The van der Waals surface area contributed by atoms with Gasteiger partial charge in [0.15, 0.2) is 0 Å². The van der Waals surface area contributed by atoms with Crippen LogP contribution in [0.3, 0.4) is 0 Å². The molecular formula is C10H16N4O3. The Balaban J connectivity index is 3.29. The number of nitrogens with zero attached hydrogens (tertiary/aromatic N) is 3. The van der Waals surface area contributed by atoms with Gasteiger partial charge in [0.05, 0.1) is 17.1 Å². The van der Waals surface area contributed by atoms with E-state index in [4.69, 9.17) is 5.73 Å². The Labute approximate surface area is 99.0 Å². The maximum atomic E-state index is 10.9. The fourth-order valence-electron chi connectivity index (χ4n) is 1.24. The van der Waals surface area contributed by atoms with Gasteiger partial charge in [-0.05, 0) is 19.9 Å². The van der Waals surface area contributed by atoms with Crippen molar-refractivity contribution in [2.75, 3.05) is 24.3 Å². The van der Waals surface area contributed by atoms with Crippen LogP contribution in [0, 0.1) is 10.1 Å². The average molecular weight is 240 g/mol. The highest BCUT2D eigenvalue weighted by Crippen LogP contribution is 2.30. The number of hydrogen-bond acceptors (Lipinski definition) is 6. The summed E-state index contributed by atoms with van der Waals surface area (Å²) in [4.78, 5) is 15.9. The highest BCUT2D eigenvalue weighted by Gasteiger charge is 2.29. The zero-order chi connectivity index (χ0) is 13.2. The lowest BCUT2D eigenvalue weighted by Crippen LogP contribution is -2.45. The summed E-state index contributed by atoms with van der Waals surface area (Å²) in [5, 5.41) is 20.1. The van der Waals surface area contributed by atoms with Crippen LogP contribution in [0.15, 0.2) is 12.1 Å². The molecule has 0 amide bonds. The zero-order valence-electron chi connectivity index (χ0n) is 10.0. The molecule has 0 saturated carbocycles. The molecular weight excluding hydrogens is 224 g/mol. The van der Waals surface area contributed by atoms with Gasteiger partial charge in [-0.15, -0.1) is 0 Å². The normalized spacial score (nSPS) is 11.3. The lowest BCUT2D eigenvalue weighted by molar-refractivity contribution is -0.384. The fourth-order valence-corrected chi connectivity index (χ4v) is 1.24. The van der Waals surface area contributed by atoms with E-state index in [0.29, 0.717) is 0 Å². The summed E-state index contributed by atoms with van der Waals surface area (Å²) in [6, 6.07) is 2.68. The van der Waals surface area contributed by atoms with E-state index in [2.05, 4.69) is 4.98 Å². The van der Waals surface area contributed by atoms with E-state index in [-0.39, 0.29) is 23.9 Å². The predicted octanol–water partition coefficient (Wildman–Crippen LogP) is 0.779. The maximum absolute atomic E-state index is 10.9. The Morgan fingerprint density at radius 2 is 2.18 bits per heavy atom. The van der Waals surface area contributed by atoms with E-state index in [1.54, 1.807) is 25.8 Å². The van der Waals surface area contributed by atoms with Crippen molar-refractivity contribution in [3.8, 4) is 0 Å². The number of nitrogen functional groups attached to an aromatic ring is 1. The standard InChI is InChI=1S/C10H16N4O3/c1-10(2,6-15)13(3)9-7(14(16)17)4-5-8(11)12-9/h4-5,15H,6H2,1-3H3,(H2,11,12). The number of likely N-dealkylation sites (N-methyl/N-ethyl adjacent to an activating group) is 1. The average Bonchev–Trinajstić information content (AvgIpc) is 2.27. The quantitative estimate of drug-likeness (QED) is 0.595. The summed E-state index contributed by atoms with van der Waals surface area (Å²) < 4.78 is 0. The molecule has 3 N–H and O–H groups in total. The van der Waals surface area contributed by atoms with Gasteiger partial charge < -0.3 is 15.7 Å². The summed E-state index contributed by atoms with van der Waals surface area (Å²) in [6.07, 6.45) is 0. The Morgan fingerprint density at radius 1 is 1.59 bits per heavy atom. The van der Waals surface area contributed by atoms with Gasteiger partial charge in [-0.2, -0.15) is 0 Å². The molecule has 0 fully saturated rings. The van der Waals surface area contributed by atoms with Gasteiger partial charge in [0, 0.05) is 13.1 Å². The molecule has 1 heterocycles. The molecule has 17 heavy (non-hydrogen) atoms. The largest absolute Gasteiger partial charge is 0.394 e. The second-order valence-electron chi connectivity index (χ2n) is 4.37. The molecule has 0 aliphatic rings. The van der Waals surface area contributed by atoms with Gasteiger partial charge in [-0.1, -0.05) is 0 Å². The Hall–Kier alpha value is -1.89. The van der Waals surface area contributed by atoms with Crippen molar-refractivity contribution in [2.45, 2.75) is 19.4 Å². The first-order valence-electron chi connectivity index (χ1n) is 5.05. The molecule has 1 aromatic heterocycles. The maximum Gasteiger partial charge on any atom is 0.311 e. The SMILES string of the molecule is CN(c1nc(N)ccc1[N+](=O)[O-])C(C)(C)CO. The molecule has 0 aliphatic carbocycles.